The Bertz CT molecular complexity index is 790. The number of halogens is 1. The van der Waals surface area contributed by atoms with Crippen molar-refractivity contribution in [2.45, 2.75) is 19.9 Å². The maximum absolute atomic E-state index is 12.4. The lowest BCUT2D eigenvalue weighted by molar-refractivity contribution is -0.123. The Morgan fingerprint density at radius 2 is 1.70 bits per heavy atom. The van der Waals surface area contributed by atoms with Crippen LogP contribution in [0.4, 0.5) is 0 Å². The molecule has 0 aliphatic rings. The lowest BCUT2D eigenvalue weighted by atomic mass is 10.0. The summed E-state index contributed by atoms with van der Waals surface area (Å²) < 4.78 is 5.65. The van der Waals surface area contributed by atoms with Gasteiger partial charge in [0.1, 0.15) is 6.04 Å². The van der Waals surface area contributed by atoms with E-state index in [1.165, 1.54) is 6.26 Å². The van der Waals surface area contributed by atoms with Crippen LogP contribution in [-0.4, -0.2) is 36.9 Å². The molecule has 0 saturated carbocycles. The molecule has 2 aromatic rings. The minimum Gasteiger partial charge on any atom is -0.459 e. The van der Waals surface area contributed by atoms with E-state index in [1.807, 2.05) is 19.9 Å². The third kappa shape index (κ3) is 5.96. The molecule has 0 saturated heterocycles. The highest BCUT2D eigenvalue weighted by Crippen LogP contribution is 2.16. The Kier molecular flexibility index (Phi) is 7.60. The second-order valence-corrected chi connectivity index (χ2v) is 7.05. The number of hydrogen-bond acceptors (Lipinski definition) is 4. The zero-order valence-corrected chi connectivity index (χ0v) is 16.7. The Balaban J connectivity index is 1.84. The van der Waals surface area contributed by atoms with Crippen LogP contribution in [0.15, 0.2) is 51.6 Å². The quantitative estimate of drug-likeness (QED) is 0.553. The molecule has 1 aromatic carbocycles. The van der Waals surface area contributed by atoms with Crippen molar-refractivity contribution in [3.05, 3.63) is 58.5 Å². The van der Waals surface area contributed by atoms with Crippen LogP contribution in [0.2, 0.25) is 0 Å². The van der Waals surface area contributed by atoms with Gasteiger partial charge in [-0.05, 0) is 46.1 Å². The summed E-state index contributed by atoms with van der Waals surface area (Å²) in [6, 6.07) is 9.50. The smallest absolute Gasteiger partial charge is 0.287 e. The summed E-state index contributed by atoms with van der Waals surface area (Å²) in [5.74, 6) is -0.881. The van der Waals surface area contributed by atoms with Crippen molar-refractivity contribution in [2.24, 2.45) is 5.92 Å². The van der Waals surface area contributed by atoms with Gasteiger partial charge in [0.15, 0.2) is 5.76 Å². The molecule has 1 heterocycles. The molecule has 3 N–H and O–H groups in total. The van der Waals surface area contributed by atoms with Crippen molar-refractivity contribution in [1.82, 2.24) is 16.0 Å². The third-order valence-electron chi connectivity index (χ3n) is 3.81. The molecule has 3 amide bonds. The Labute approximate surface area is 166 Å². The highest BCUT2D eigenvalue weighted by Gasteiger charge is 2.25. The SMILES string of the molecule is CC(C)C(NC(=O)c1ccccc1Br)C(=O)NCCNC(=O)c1ccco1. The standard InChI is InChI=1S/C19H22BrN3O4/c1-12(2)16(23-17(24)13-6-3-4-7-14(13)20)19(26)22-10-9-21-18(25)15-8-5-11-27-15/h3-8,11-12,16H,9-10H2,1-2H3,(H,21,25)(H,22,26)(H,23,24). The predicted molar refractivity (Wildman–Crippen MR) is 104 cm³/mol. The van der Waals surface area contributed by atoms with Gasteiger partial charge in [-0.15, -0.1) is 0 Å². The second kappa shape index (κ2) is 9.91. The van der Waals surface area contributed by atoms with Crippen molar-refractivity contribution in [3.8, 4) is 0 Å². The number of nitrogens with one attached hydrogen (secondary N) is 3. The topological polar surface area (TPSA) is 100 Å². The summed E-state index contributed by atoms with van der Waals surface area (Å²) in [5, 5.41) is 8.13. The van der Waals surface area contributed by atoms with Gasteiger partial charge >= 0.3 is 0 Å². The van der Waals surface area contributed by atoms with Crippen molar-refractivity contribution >= 4 is 33.7 Å². The first-order valence-corrected chi connectivity index (χ1v) is 9.34. The van der Waals surface area contributed by atoms with Crippen LogP contribution in [0.25, 0.3) is 0 Å². The molecule has 0 spiro atoms. The number of carbonyl (C=O) groups excluding carboxylic acids is 3. The van der Waals surface area contributed by atoms with E-state index in [-0.39, 0.29) is 42.5 Å². The summed E-state index contributed by atoms with van der Waals surface area (Å²) >= 11 is 3.33. The highest BCUT2D eigenvalue weighted by atomic mass is 79.9. The number of hydrogen-bond donors (Lipinski definition) is 3. The fraction of sp³-hybridized carbons (Fsp3) is 0.316. The number of rotatable bonds is 8. The van der Waals surface area contributed by atoms with E-state index in [1.54, 1.807) is 30.3 Å². The van der Waals surface area contributed by atoms with E-state index in [0.29, 0.717) is 10.0 Å². The van der Waals surface area contributed by atoms with Gasteiger partial charge in [-0.2, -0.15) is 0 Å². The summed E-state index contributed by atoms with van der Waals surface area (Å²) in [4.78, 5) is 36.6. The molecule has 2 rings (SSSR count). The van der Waals surface area contributed by atoms with Gasteiger partial charge in [-0.3, -0.25) is 14.4 Å². The molecule has 1 unspecified atom stereocenters. The summed E-state index contributed by atoms with van der Waals surface area (Å²) in [7, 11) is 0. The molecule has 1 aromatic heterocycles. The van der Waals surface area contributed by atoms with Gasteiger partial charge in [-0.1, -0.05) is 26.0 Å². The lowest BCUT2D eigenvalue weighted by Crippen LogP contribution is -2.50. The van der Waals surface area contributed by atoms with Crippen LogP contribution in [0.3, 0.4) is 0 Å². The van der Waals surface area contributed by atoms with Gasteiger partial charge in [-0.25, -0.2) is 0 Å². The molecule has 0 aliphatic heterocycles. The van der Waals surface area contributed by atoms with E-state index in [9.17, 15) is 14.4 Å². The first-order chi connectivity index (χ1) is 12.9. The normalized spacial score (nSPS) is 11.7. The van der Waals surface area contributed by atoms with Crippen LogP contribution in [0, 0.1) is 5.92 Å². The van der Waals surface area contributed by atoms with Crippen LogP contribution in [0.5, 0.6) is 0 Å². The van der Waals surface area contributed by atoms with Crippen molar-refractivity contribution in [1.29, 1.82) is 0 Å². The molecule has 144 valence electrons. The van der Waals surface area contributed by atoms with Gasteiger partial charge in [0.2, 0.25) is 5.91 Å². The summed E-state index contributed by atoms with van der Waals surface area (Å²) in [6.07, 6.45) is 1.41. The second-order valence-electron chi connectivity index (χ2n) is 6.20. The van der Waals surface area contributed by atoms with Crippen LogP contribution >= 0.6 is 15.9 Å². The number of benzene rings is 1. The van der Waals surface area contributed by atoms with E-state index < -0.39 is 6.04 Å². The first-order valence-electron chi connectivity index (χ1n) is 8.55. The average molecular weight is 436 g/mol. The number of amides is 3. The zero-order chi connectivity index (χ0) is 19.8. The summed E-state index contributed by atoms with van der Waals surface area (Å²) in [6.45, 7) is 4.18. The molecule has 1 atom stereocenters. The van der Waals surface area contributed by atoms with Crippen molar-refractivity contribution in [3.63, 3.8) is 0 Å². The van der Waals surface area contributed by atoms with Crippen LogP contribution in [0.1, 0.15) is 34.8 Å². The Morgan fingerprint density at radius 1 is 1.00 bits per heavy atom. The lowest BCUT2D eigenvalue weighted by Gasteiger charge is -2.22. The number of carbonyl (C=O) groups is 3. The summed E-state index contributed by atoms with van der Waals surface area (Å²) in [5.41, 5.74) is 0.460. The molecule has 0 bridgehead atoms. The average Bonchev–Trinajstić information content (AvgIpc) is 3.17. The maximum Gasteiger partial charge on any atom is 0.287 e. The predicted octanol–water partition coefficient (Wildman–Crippen LogP) is 2.34. The highest BCUT2D eigenvalue weighted by molar-refractivity contribution is 9.10. The Hall–Kier alpha value is -2.61. The van der Waals surface area contributed by atoms with Crippen LogP contribution < -0.4 is 16.0 Å². The fourth-order valence-electron chi connectivity index (χ4n) is 2.37. The van der Waals surface area contributed by atoms with Gasteiger partial charge in [0.25, 0.3) is 11.8 Å². The monoisotopic (exact) mass is 435 g/mol. The maximum atomic E-state index is 12.4. The molecule has 7 nitrogen and oxygen atoms in total. The van der Waals surface area contributed by atoms with E-state index in [0.717, 1.165) is 0 Å². The van der Waals surface area contributed by atoms with Crippen LogP contribution in [-0.2, 0) is 4.79 Å². The van der Waals surface area contributed by atoms with Gasteiger partial charge in [0, 0.05) is 17.6 Å². The van der Waals surface area contributed by atoms with Crippen molar-refractivity contribution in [2.75, 3.05) is 13.1 Å². The molecular weight excluding hydrogens is 414 g/mol. The molecule has 27 heavy (non-hydrogen) atoms. The van der Waals surface area contributed by atoms with Gasteiger partial charge in [0.05, 0.1) is 11.8 Å². The van der Waals surface area contributed by atoms with E-state index in [4.69, 9.17) is 4.42 Å². The Morgan fingerprint density at radius 3 is 2.33 bits per heavy atom. The minimum atomic E-state index is -0.689. The van der Waals surface area contributed by atoms with Crippen molar-refractivity contribution < 1.29 is 18.8 Å². The molecule has 0 radical (unpaired) electrons. The fourth-order valence-corrected chi connectivity index (χ4v) is 2.83. The molecular formula is C19H22BrN3O4. The third-order valence-corrected chi connectivity index (χ3v) is 4.50. The molecule has 8 heteroatoms. The van der Waals surface area contributed by atoms with E-state index >= 15 is 0 Å². The number of furan rings is 1. The first kappa shape index (κ1) is 20.7. The molecule has 0 aliphatic carbocycles. The van der Waals surface area contributed by atoms with E-state index in [2.05, 4.69) is 31.9 Å². The van der Waals surface area contributed by atoms with Gasteiger partial charge < -0.3 is 20.4 Å². The molecule has 0 fully saturated rings. The minimum absolute atomic E-state index is 0.103. The zero-order valence-electron chi connectivity index (χ0n) is 15.1. The largest absolute Gasteiger partial charge is 0.459 e.